The largest absolute Gasteiger partial charge is 0.376 e. The quantitative estimate of drug-likeness (QED) is 0.702. The van der Waals surface area contributed by atoms with Crippen molar-refractivity contribution < 1.29 is 4.39 Å². The van der Waals surface area contributed by atoms with Gasteiger partial charge < -0.3 is 5.32 Å². The van der Waals surface area contributed by atoms with E-state index in [-0.39, 0.29) is 11.9 Å². The van der Waals surface area contributed by atoms with Gasteiger partial charge in [-0.2, -0.15) is 0 Å². The lowest BCUT2D eigenvalue weighted by Crippen LogP contribution is -2.08. The molecule has 2 rings (SSSR count). The third-order valence-electron chi connectivity index (χ3n) is 3.42. The van der Waals surface area contributed by atoms with Crippen LogP contribution in [0.3, 0.4) is 0 Å². The zero-order valence-electron chi connectivity index (χ0n) is 12.7. The third kappa shape index (κ3) is 4.57. The van der Waals surface area contributed by atoms with E-state index < -0.39 is 0 Å². The van der Waals surface area contributed by atoms with Crippen molar-refractivity contribution in [2.45, 2.75) is 33.2 Å². The molecule has 0 bridgehead atoms. The van der Waals surface area contributed by atoms with Crippen LogP contribution < -0.4 is 5.32 Å². The van der Waals surface area contributed by atoms with Crippen LogP contribution in [0, 0.1) is 11.7 Å². The van der Waals surface area contributed by atoms with E-state index in [0.717, 1.165) is 16.5 Å². The second-order valence-corrected chi connectivity index (χ2v) is 6.75. The minimum Gasteiger partial charge on any atom is -0.376 e. The first kappa shape index (κ1) is 16.0. The van der Waals surface area contributed by atoms with Crippen molar-refractivity contribution in [3.63, 3.8) is 0 Å². The average molecular weight is 350 g/mol. The van der Waals surface area contributed by atoms with Gasteiger partial charge in [-0.15, -0.1) is 0 Å². The van der Waals surface area contributed by atoms with E-state index in [1.54, 1.807) is 12.1 Å². The van der Waals surface area contributed by atoms with Crippen molar-refractivity contribution >= 4 is 21.6 Å². The molecule has 0 saturated heterocycles. The van der Waals surface area contributed by atoms with Gasteiger partial charge in [-0.3, -0.25) is 0 Å². The highest BCUT2D eigenvalue weighted by molar-refractivity contribution is 9.10. The summed E-state index contributed by atoms with van der Waals surface area (Å²) < 4.78 is 14.6. The van der Waals surface area contributed by atoms with Gasteiger partial charge in [-0.1, -0.05) is 54.0 Å². The monoisotopic (exact) mass is 349 g/mol. The van der Waals surface area contributed by atoms with E-state index in [2.05, 4.69) is 59.4 Å². The fraction of sp³-hybridized carbons (Fsp3) is 0.333. The first-order valence-corrected chi connectivity index (χ1v) is 8.05. The smallest absolute Gasteiger partial charge is 0.146 e. The molecule has 0 fully saturated rings. The lowest BCUT2D eigenvalue weighted by atomic mass is 10.00. The maximum absolute atomic E-state index is 13.8. The van der Waals surface area contributed by atoms with Crippen molar-refractivity contribution in [3.8, 4) is 0 Å². The minimum absolute atomic E-state index is 0.0573. The van der Waals surface area contributed by atoms with Gasteiger partial charge in [0.25, 0.3) is 0 Å². The second-order valence-electron chi connectivity index (χ2n) is 5.83. The van der Waals surface area contributed by atoms with Crippen molar-refractivity contribution in [3.05, 3.63) is 63.9 Å². The minimum atomic E-state index is -0.235. The van der Waals surface area contributed by atoms with Crippen LogP contribution in [0.25, 0.3) is 0 Å². The zero-order chi connectivity index (χ0) is 15.4. The summed E-state index contributed by atoms with van der Waals surface area (Å²) in [7, 11) is 0. The van der Waals surface area contributed by atoms with E-state index in [9.17, 15) is 4.39 Å². The highest BCUT2D eigenvalue weighted by Crippen LogP contribution is 2.25. The number of benzene rings is 2. The van der Waals surface area contributed by atoms with Crippen LogP contribution in [-0.4, -0.2) is 0 Å². The molecule has 0 aliphatic carbocycles. The van der Waals surface area contributed by atoms with Gasteiger partial charge in [0.05, 0.1) is 5.69 Å². The van der Waals surface area contributed by atoms with E-state index in [1.807, 2.05) is 6.92 Å². The number of hydrogen-bond acceptors (Lipinski definition) is 1. The van der Waals surface area contributed by atoms with Crippen molar-refractivity contribution in [1.82, 2.24) is 0 Å². The molecule has 0 spiro atoms. The topological polar surface area (TPSA) is 12.0 Å². The van der Waals surface area contributed by atoms with Gasteiger partial charge in [0, 0.05) is 10.5 Å². The normalized spacial score (nSPS) is 12.5. The van der Waals surface area contributed by atoms with Crippen LogP contribution in [-0.2, 0) is 6.42 Å². The van der Waals surface area contributed by atoms with Gasteiger partial charge in [0.1, 0.15) is 5.82 Å². The second kappa shape index (κ2) is 7.08. The Morgan fingerprint density at radius 1 is 1.05 bits per heavy atom. The molecule has 0 saturated carbocycles. The van der Waals surface area contributed by atoms with Crippen molar-refractivity contribution in [2.75, 3.05) is 5.32 Å². The predicted molar refractivity (Wildman–Crippen MR) is 91.1 cm³/mol. The van der Waals surface area contributed by atoms with E-state index in [0.29, 0.717) is 11.6 Å². The average Bonchev–Trinajstić information content (AvgIpc) is 2.43. The number of halogens is 2. The molecule has 0 aliphatic heterocycles. The molecule has 0 heterocycles. The standard InChI is InChI=1S/C18H21BrFN/c1-12(2)10-14-4-6-15(7-5-14)13(3)21-18-11-16(19)8-9-17(18)20/h4-9,11-13,21H,10H2,1-3H3. The van der Waals surface area contributed by atoms with Crippen molar-refractivity contribution in [1.29, 1.82) is 0 Å². The summed E-state index contributed by atoms with van der Waals surface area (Å²) in [6.45, 7) is 6.47. The zero-order valence-corrected chi connectivity index (χ0v) is 14.2. The predicted octanol–water partition coefficient (Wildman–Crippen LogP) is 5.96. The van der Waals surface area contributed by atoms with Gasteiger partial charge in [0.15, 0.2) is 0 Å². The Labute approximate surface area is 134 Å². The van der Waals surface area contributed by atoms with Crippen LogP contribution in [0.4, 0.5) is 10.1 Å². The van der Waals surface area contributed by atoms with E-state index in [1.165, 1.54) is 11.6 Å². The Morgan fingerprint density at radius 3 is 2.33 bits per heavy atom. The lowest BCUT2D eigenvalue weighted by molar-refractivity contribution is 0.627. The van der Waals surface area contributed by atoms with Gasteiger partial charge >= 0.3 is 0 Å². The van der Waals surface area contributed by atoms with Crippen LogP contribution in [0.2, 0.25) is 0 Å². The molecule has 112 valence electrons. The maximum atomic E-state index is 13.8. The molecule has 1 unspecified atom stereocenters. The molecule has 0 radical (unpaired) electrons. The molecule has 1 N–H and O–H groups in total. The van der Waals surface area contributed by atoms with Crippen LogP contribution in [0.5, 0.6) is 0 Å². The van der Waals surface area contributed by atoms with Gasteiger partial charge in [-0.05, 0) is 48.6 Å². The van der Waals surface area contributed by atoms with E-state index >= 15 is 0 Å². The van der Waals surface area contributed by atoms with Crippen molar-refractivity contribution in [2.24, 2.45) is 5.92 Å². The number of anilines is 1. The first-order valence-electron chi connectivity index (χ1n) is 7.26. The molecule has 0 amide bonds. The fourth-order valence-electron chi connectivity index (χ4n) is 2.34. The van der Waals surface area contributed by atoms with Crippen LogP contribution in [0.1, 0.15) is 37.9 Å². The molecule has 0 aliphatic rings. The highest BCUT2D eigenvalue weighted by Gasteiger charge is 2.09. The molecule has 0 aromatic heterocycles. The van der Waals surface area contributed by atoms with Crippen LogP contribution >= 0.6 is 15.9 Å². The summed E-state index contributed by atoms with van der Waals surface area (Å²) in [5.74, 6) is 0.420. The molecule has 2 aromatic carbocycles. The SMILES string of the molecule is CC(C)Cc1ccc(C(C)Nc2cc(Br)ccc2F)cc1. The van der Waals surface area contributed by atoms with Gasteiger partial charge in [0.2, 0.25) is 0 Å². The summed E-state index contributed by atoms with van der Waals surface area (Å²) in [5, 5.41) is 3.22. The Morgan fingerprint density at radius 2 is 1.71 bits per heavy atom. The molecule has 21 heavy (non-hydrogen) atoms. The Bertz CT molecular complexity index is 593. The maximum Gasteiger partial charge on any atom is 0.146 e. The summed E-state index contributed by atoms with van der Waals surface area (Å²) >= 11 is 3.37. The van der Waals surface area contributed by atoms with Crippen LogP contribution in [0.15, 0.2) is 46.9 Å². The highest BCUT2D eigenvalue weighted by atomic mass is 79.9. The summed E-state index contributed by atoms with van der Waals surface area (Å²) in [5.41, 5.74) is 3.01. The summed E-state index contributed by atoms with van der Waals surface area (Å²) in [4.78, 5) is 0. The number of nitrogens with one attached hydrogen (secondary N) is 1. The molecule has 2 aromatic rings. The number of rotatable bonds is 5. The number of hydrogen-bond donors (Lipinski definition) is 1. The summed E-state index contributed by atoms with van der Waals surface area (Å²) in [6.07, 6.45) is 1.09. The molecular weight excluding hydrogens is 329 g/mol. The first-order chi connectivity index (χ1) is 9.95. The fourth-order valence-corrected chi connectivity index (χ4v) is 2.70. The third-order valence-corrected chi connectivity index (χ3v) is 3.92. The molecule has 1 atom stereocenters. The Hall–Kier alpha value is -1.35. The Balaban J connectivity index is 2.09. The van der Waals surface area contributed by atoms with Gasteiger partial charge in [-0.25, -0.2) is 4.39 Å². The molecule has 1 nitrogen and oxygen atoms in total. The molecular formula is C18H21BrFN. The summed E-state index contributed by atoms with van der Waals surface area (Å²) in [6, 6.07) is 13.5. The Kier molecular flexibility index (Phi) is 5.40. The molecule has 3 heteroatoms. The lowest BCUT2D eigenvalue weighted by Gasteiger charge is -2.17. The van der Waals surface area contributed by atoms with E-state index in [4.69, 9.17) is 0 Å².